The van der Waals surface area contributed by atoms with Crippen LogP contribution in [0, 0.1) is 5.92 Å². The lowest BCUT2D eigenvalue weighted by Gasteiger charge is -2.26. The molecular formula is C27H30BrClO3. The number of hydrogen-bond acceptors (Lipinski definition) is 3. The van der Waals surface area contributed by atoms with Gasteiger partial charge in [-0.3, -0.25) is 0 Å². The molecule has 0 heterocycles. The van der Waals surface area contributed by atoms with Crippen LogP contribution >= 0.6 is 27.5 Å². The molecule has 0 unspecified atom stereocenters. The smallest absolute Gasteiger partial charge is 0.152 e. The topological polar surface area (TPSA) is 27.7 Å². The molecule has 3 nitrogen and oxygen atoms in total. The quantitative estimate of drug-likeness (QED) is 0.270. The van der Waals surface area contributed by atoms with Gasteiger partial charge < -0.3 is 14.2 Å². The Labute approximate surface area is 204 Å². The molecule has 170 valence electrons. The summed E-state index contributed by atoms with van der Waals surface area (Å²) in [4.78, 5) is 0. The summed E-state index contributed by atoms with van der Waals surface area (Å²) >= 11 is 10.1. The minimum atomic E-state index is -0.221. The van der Waals surface area contributed by atoms with Crippen molar-refractivity contribution in [2.24, 2.45) is 5.92 Å². The molecule has 0 N–H and O–H groups in total. The van der Waals surface area contributed by atoms with Gasteiger partial charge in [-0.25, -0.2) is 0 Å². The Morgan fingerprint density at radius 3 is 2.34 bits per heavy atom. The van der Waals surface area contributed by atoms with E-state index in [1.54, 1.807) is 0 Å². The molecule has 0 atom stereocenters. The van der Waals surface area contributed by atoms with E-state index in [-0.39, 0.29) is 5.41 Å². The Balaban J connectivity index is 1.61. The third kappa shape index (κ3) is 6.99. The van der Waals surface area contributed by atoms with Crippen LogP contribution in [-0.4, -0.2) is 13.2 Å². The number of halogens is 2. The van der Waals surface area contributed by atoms with Gasteiger partial charge in [0.1, 0.15) is 11.5 Å². The van der Waals surface area contributed by atoms with E-state index >= 15 is 0 Å². The molecule has 0 aromatic heterocycles. The summed E-state index contributed by atoms with van der Waals surface area (Å²) in [5.41, 5.74) is 1.93. The lowest BCUT2D eigenvalue weighted by molar-refractivity contribution is 0.0823. The van der Waals surface area contributed by atoms with E-state index in [1.165, 1.54) is 0 Å². The molecule has 3 aromatic rings. The van der Waals surface area contributed by atoms with Crippen LogP contribution < -0.4 is 9.47 Å². The Hall–Kier alpha value is -2.01. The maximum Gasteiger partial charge on any atom is 0.152 e. The molecule has 0 spiro atoms. The molecule has 5 heteroatoms. The van der Waals surface area contributed by atoms with Crippen molar-refractivity contribution >= 4 is 27.5 Å². The fourth-order valence-corrected chi connectivity index (χ4v) is 4.13. The van der Waals surface area contributed by atoms with E-state index in [2.05, 4.69) is 49.7 Å². The van der Waals surface area contributed by atoms with Crippen LogP contribution in [0.3, 0.4) is 0 Å². The molecule has 0 aliphatic carbocycles. The van der Waals surface area contributed by atoms with Gasteiger partial charge in [-0.1, -0.05) is 69.6 Å². The van der Waals surface area contributed by atoms with Gasteiger partial charge in [0.25, 0.3) is 0 Å². The van der Waals surface area contributed by atoms with Gasteiger partial charge in [-0.2, -0.15) is 0 Å². The molecule has 3 rings (SSSR count). The van der Waals surface area contributed by atoms with Crippen LogP contribution in [0.15, 0.2) is 71.2 Å². The fraction of sp³-hybridized carbons (Fsp3) is 0.333. The summed E-state index contributed by atoms with van der Waals surface area (Å²) in [5, 5.41) is 0.605. The fourth-order valence-electron chi connectivity index (χ4n) is 3.17. The highest BCUT2D eigenvalue weighted by molar-refractivity contribution is 9.10. The molecule has 0 amide bonds. The minimum absolute atomic E-state index is 0.221. The normalized spacial score (nSPS) is 11.6. The molecule has 0 radical (unpaired) electrons. The van der Waals surface area contributed by atoms with Crippen LogP contribution in [0.5, 0.6) is 17.2 Å². The number of benzene rings is 3. The third-order valence-electron chi connectivity index (χ3n) is 4.95. The summed E-state index contributed by atoms with van der Waals surface area (Å²) in [6.07, 6.45) is 0. The molecule has 0 aliphatic rings. The highest BCUT2D eigenvalue weighted by atomic mass is 79.9. The molecule has 3 aromatic carbocycles. The average molecular weight is 518 g/mol. The van der Waals surface area contributed by atoms with Crippen LogP contribution in [0.4, 0.5) is 0 Å². The Kier molecular flexibility index (Phi) is 8.64. The van der Waals surface area contributed by atoms with Crippen molar-refractivity contribution in [3.05, 3.63) is 87.4 Å². The number of hydrogen-bond donors (Lipinski definition) is 0. The summed E-state index contributed by atoms with van der Waals surface area (Å²) in [6, 6.07) is 21.8. The van der Waals surface area contributed by atoms with E-state index in [0.717, 1.165) is 27.1 Å². The molecule has 0 saturated heterocycles. The lowest BCUT2D eigenvalue weighted by Crippen LogP contribution is -2.24. The lowest BCUT2D eigenvalue weighted by atomic mass is 9.85. The second kappa shape index (κ2) is 11.2. The zero-order valence-corrected chi connectivity index (χ0v) is 21.4. The monoisotopic (exact) mass is 516 g/mol. The SMILES string of the molecule is CC(C)COc1c(Cl)cc(C(C)(C)COCc2cccc(Oc3ccccc3)c2)cc1Br. The first-order valence-electron chi connectivity index (χ1n) is 10.8. The van der Waals surface area contributed by atoms with Gasteiger partial charge in [0.05, 0.1) is 29.3 Å². The van der Waals surface area contributed by atoms with Crippen LogP contribution in [-0.2, 0) is 16.8 Å². The highest BCUT2D eigenvalue weighted by Gasteiger charge is 2.24. The van der Waals surface area contributed by atoms with Crippen molar-refractivity contribution in [1.29, 1.82) is 0 Å². The first-order chi connectivity index (χ1) is 15.2. The predicted molar refractivity (Wildman–Crippen MR) is 135 cm³/mol. The van der Waals surface area contributed by atoms with Gasteiger partial charge in [-0.15, -0.1) is 0 Å². The van der Waals surface area contributed by atoms with E-state index in [9.17, 15) is 0 Å². The van der Waals surface area contributed by atoms with Crippen molar-refractivity contribution in [3.8, 4) is 17.2 Å². The molecule has 0 saturated carbocycles. The van der Waals surface area contributed by atoms with Gasteiger partial charge in [0.15, 0.2) is 5.75 Å². The van der Waals surface area contributed by atoms with Crippen LogP contribution in [0.2, 0.25) is 5.02 Å². The zero-order chi connectivity index (χ0) is 23.1. The van der Waals surface area contributed by atoms with Gasteiger partial charge >= 0.3 is 0 Å². The van der Waals surface area contributed by atoms with E-state index in [0.29, 0.717) is 36.5 Å². The Bertz CT molecular complexity index is 995. The summed E-state index contributed by atoms with van der Waals surface area (Å²) < 4.78 is 18.7. The third-order valence-corrected chi connectivity index (χ3v) is 5.82. The van der Waals surface area contributed by atoms with Crippen LogP contribution in [0.1, 0.15) is 38.8 Å². The first kappa shape index (κ1) is 24.6. The van der Waals surface area contributed by atoms with Crippen molar-refractivity contribution in [2.75, 3.05) is 13.2 Å². The maximum absolute atomic E-state index is 6.53. The second-order valence-corrected chi connectivity index (χ2v) is 10.2. The zero-order valence-electron chi connectivity index (χ0n) is 19.0. The standard InChI is InChI=1S/C27H30BrClO3/c1-19(2)16-31-26-24(28)14-21(15-25(26)29)27(3,4)18-30-17-20-9-8-12-23(13-20)32-22-10-6-5-7-11-22/h5-15,19H,16-18H2,1-4H3. The summed E-state index contributed by atoms with van der Waals surface area (Å²) in [6.45, 7) is 10.2. The van der Waals surface area contributed by atoms with Gasteiger partial charge in [0, 0.05) is 5.41 Å². The van der Waals surface area contributed by atoms with Crippen LogP contribution in [0.25, 0.3) is 0 Å². The second-order valence-electron chi connectivity index (χ2n) is 8.91. The van der Waals surface area contributed by atoms with Crippen molar-refractivity contribution in [1.82, 2.24) is 0 Å². The van der Waals surface area contributed by atoms with Crippen molar-refractivity contribution in [2.45, 2.75) is 39.7 Å². The first-order valence-corrected chi connectivity index (χ1v) is 11.9. The van der Waals surface area contributed by atoms with E-state index < -0.39 is 0 Å². The highest BCUT2D eigenvalue weighted by Crippen LogP contribution is 2.38. The molecular weight excluding hydrogens is 488 g/mol. The minimum Gasteiger partial charge on any atom is -0.491 e. The molecule has 32 heavy (non-hydrogen) atoms. The summed E-state index contributed by atoms with van der Waals surface area (Å²) in [7, 11) is 0. The van der Waals surface area contributed by atoms with E-state index in [1.807, 2.05) is 60.7 Å². The number of rotatable bonds is 10. The summed E-state index contributed by atoms with van der Waals surface area (Å²) in [5.74, 6) is 2.73. The number of para-hydroxylation sites is 1. The van der Waals surface area contributed by atoms with Gasteiger partial charge in [0.2, 0.25) is 0 Å². The molecule has 0 fully saturated rings. The van der Waals surface area contributed by atoms with Crippen molar-refractivity contribution < 1.29 is 14.2 Å². The average Bonchev–Trinajstić information content (AvgIpc) is 2.74. The van der Waals surface area contributed by atoms with Gasteiger partial charge in [-0.05, 0) is 69.4 Å². The number of ether oxygens (including phenoxy) is 3. The largest absolute Gasteiger partial charge is 0.491 e. The molecule has 0 aliphatic heterocycles. The predicted octanol–water partition coefficient (Wildman–Crippen LogP) is 8.42. The van der Waals surface area contributed by atoms with E-state index in [4.69, 9.17) is 25.8 Å². The molecule has 0 bridgehead atoms. The Morgan fingerprint density at radius 1 is 0.938 bits per heavy atom. The Morgan fingerprint density at radius 2 is 1.66 bits per heavy atom. The maximum atomic E-state index is 6.53. The van der Waals surface area contributed by atoms with Crippen molar-refractivity contribution in [3.63, 3.8) is 0 Å².